The molecule has 0 spiro atoms. The third-order valence-corrected chi connectivity index (χ3v) is 5.68. The number of amides is 2. The predicted octanol–water partition coefficient (Wildman–Crippen LogP) is 5.17. The summed E-state index contributed by atoms with van der Waals surface area (Å²) in [5.74, 6) is -2.05. The molecule has 7 heteroatoms. The standard InChI is InChI=1S/C27H20N2O5/c1-16(30)28-19-11-13-20(14-12-19)29-24(17-7-3-2-4-8-17)23(26(32)27(29)33)25(31)22-15-18-9-5-6-10-21(18)34-22/h2-15,24,32H,1H3,(H,28,30). The zero-order valence-electron chi connectivity index (χ0n) is 18.2. The van der Waals surface area contributed by atoms with Gasteiger partial charge in [0, 0.05) is 23.7 Å². The third kappa shape index (κ3) is 3.63. The van der Waals surface area contributed by atoms with Gasteiger partial charge in [-0.25, -0.2) is 0 Å². The Balaban J connectivity index is 1.60. The third-order valence-electron chi connectivity index (χ3n) is 5.68. The second-order valence-electron chi connectivity index (χ2n) is 7.96. The summed E-state index contributed by atoms with van der Waals surface area (Å²) in [6.07, 6.45) is 0. The molecule has 1 aromatic heterocycles. The van der Waals surface area contributed by atoms with Gasteiger partial charge in [0.25, 0.3) is 5.91 Å². The fourth-order valence-corrected chi connectivity index (χ4v) is 4.19. The van der Waals surface area contributed by atoms with E-state index in [1.54, 1.807) is 66.7 Å². The van der Waals surface area contributed by atoms with Gasteiger partial charge in [-0.3, -0.25) is 19.3 Å². The molecule has 2 N–H and O–H groups in total. The van der Waals surface area contributed by atoms with Crippen molar-refractivity contribution in [3.8, 4) is 0 Å². The van der Waals surface area contributed by atoms with Crippen molar-refractivity contribution in [1.82, 2.24) is 0 Å². The number of hydrogen-bond donors (Lipinski definition) is 2. The average molecular weight is 452 g/mol. The zero-order chi connectivity index (χ0) is 23.8. The van der Waals surface area contributed by atoms with Gasteiger partial charge < -0.3 is 14.8 Å². The van der Waals surface area contributed by atoms with Gasteiger partial charge in [-0.2, -0.15) is 0 Å². The molecule has 7 nitrogen and oxygen atoms in total. The molecule has 1 aliphatic heterocycles. The van der Waals surface area contributed by atoms with Crippen LogP contribution in [0, 0.1) is 0 Å². The van der Waals surface area contributed by atoms with Crippen LogP contribution in [-0.4, -0.2) is 22.7 Å². The highest BCUT2D eigenvalue weighted by atomic mass is 16.3. The summed E-state index contributed by atoms with van der Waals surface area (Å²) in [5.41, 5.74) is 2.17. The average Bonchev–Trinajstić information content (AvgIpc) is 3.39. The van der Waals surface area contributed by atoms with Crippen molar-refractivity contribution < 1.29 is 23.9 Å². The van der Waals surface area contributed by atoms with E-state index in [4.69, 9.17) is 4.42 Å². The van der Waals surface area contributed by atoms with Crippen molar-refractivity contribution in [3.63, 3.8) is 0 Å². The van der Waals surface area contributed by atoms with Crippen LogP contribution in [0.3, 0.4) is 0 Å². The Morgan fingerprint density at radius 2 is 1.62 bits per heavy atom. The maximum atomic E-state index is 13.6. The number of nitrogens with one attached hydrogen (secondary N) is 1. The maximum absolute atomic E-state index is 13.6. The molecule has 2 heterocycles. The number of rotatable bonds is 5. The van der Waals surface area contributed by atoms with Gasteiger partial charge in [-0.1, -0.05) is 48.5 Å². The molecule has 1 atom stereocenters. The second kappa shape index (κ2) is 8.37. The van der Waals surface area contributed by atoms with Gasteiger partial charge in [-0.05, 0) is 42.0 Å². The molecule has 0 aliphatic carbocycles. The lowest BCUT2D eigenvalue weighted by atomic mass is 9.95. The second-order valence-corrected chi connectivity index (χ2v) is 7.96. The van der Waals surface area contributed by atoms with Crippen molar-refractivity contribution in [2.24, 2.45) is 0 Å². The van der Waals surface area contributed by atoms with Crippen LogP contribution in [0.4, 0.5) is 11.4 Å². The molecule has 4 aromatic rings. The van der Waals surface area contributed by atoms with Crippen LogP contribution in [0.15, 0.2) is 101 Å². The number of nitrogens with zero attached hydrogens (tertiary/aromatic N) is 1. The van der Waals surface area contributed by atoms with Crippen LogP contribution in [-0.2, 0) is 9.59 Å². The van der Waals surface area contributed by atoms with E-state index in [9.17, 15) is 19.5 Å². The normalized spacial score (nSPS) is 15.7. The Kier molecular flexibility index (Phi) is 5.22. The number of benzene rings is 3. The molecule has 0 saturated heterocycles. The van der Waals surface area contributed by atoms with E-state index in [0.717, 1.165) is 5.39 Å². The molecule has 0 saturated carbocycles. The Morgan fingerprint density at radius 1 is 0.941 bits per heavy atom. The van der Waals surface area contributed by atoms with Crippen molar-refractivity contribution in [1.29, 1.82) is 0 Å². The van der Waals surface area contributed by atoms with Crippen molar-refractivity contribution in [3.05, 3.63) is 108 Å². The van der Waals surface area contributed by atoms with E-state index < -0.39 is 23.5 Å². The van der Waals surface area contributed by atoms with Gasteiger partial charge in [0.15, 0.2) is 11.5 Å². The SMILES string of the molecule is CC(=O)Nc1ccc(N2C(=O)C(O)=C(C(=O)c3cc4ccccc4o3)C2c2ccccc2)cc1. The minimum absolute atomic E-state index is 0.0411. The number of hydrogen-bond acceptors (Lipinski definition) is 5. The van der Waals surface area contributed by atoms with Crippen LogP contribution in [0.25, 0.3) is 11.0 Å². The van der Waals surface area contributed by atoms with Crippen molar-refractivity contribution in [2.75, 3.05) is 10.2 Å². The van der Waals surface area contributed by atoms with E-state index >= 15 is 0 Å². The summed E-state index contributed by atoms with van der Waals surface area (Å²) in [4.78, 5) is 39.5. The number of para-hydroxylation sites is 1. The van der Waals surface area contributed by atoms with Crippen LogP contribution < -0.4 is 10.2 Å². The molecule has 0 fully saturated rings. The van der Waals surface area contributed by atoms with Gasteiger partial charge in [0.05, 0.1) is 11.6 Å². The maximum Gasteiger partial charge on any atom is 0.294 e. The van der Waals surface area contributed by atoms with E-state index in [2.05, 4.69) is 5.32 Å². The molecule has 1 unspecified atom stereocenters. The summed E-state index contributed by atoms with van der Waals surface area (Å²) >= 11 is 0. The van der Waals surface area contributed by atoms with Crippen LogP contribution in [0.5, 0.6) is 0 Å². The van der Waals surface area contributed by atoms with E-state index in [1.807, 2.05) is 18.2 Å². The minimum Gasteiger partial charge on any atom is -0.503 e. The zero-order valence-corrected chi connectivity index (χ0v) is 18.2. The first-order chi connectivity index (χ1) is 16.4. The molecular formula is C27H20N2O5. The number of Topliss-reactive ketones (excluding diaryl/α,β-unsaturated/α-hetero) is 1. The van der Waals surface area contributed by atoms with Crippen LogP contribution >= 0.6 is 0 Å². The largest absolute Gasteiger partial charge is 0.503 e. The van der Waals surface area contributed by atoms with Gasteiger partial charge in [0.2, 0.25) is 11.7 Å². The number of anilines is 2. The summed E-state index contributed by atoms with van der Waals surface area (Å²) in [5, 5.41) is 14.3. The number of fused-ring (bicyclic) bond motifs is 1. The number of carbonyl (C=O) groups is 3. The summed E-state index contributed by atoms with van der Waals surface area (Å²) in [6, 6.07) is 23.6. The fourth-order valence-electron chi connectivity index (χ4n) is 4.19. The quantitative estimate of drug-likeness (QED) is 0.407. The van der Waals surface area contributed by atoms with Crippen molar-refractivity contribution >= 4 is 39.9 Å². The van der Waals surface area contributed by atoms with E-state index in [1.165, 1.54) is 11.8 Å². The fraction of sp³-hybridized carbons (Fsp3) is 0.0741. The number of ketones is 1. The molecule has 34 heavy (non-hydrogen) atoms. The Labute approximate surface area is 194 Å². The molecule has 3 aromatic carbocycles. The number of aliphatic hydroxyl groups excluding tert-OH is 1. The Hall–Kier alpha value is -4.65. The van der Waals surface area contributed by atoms with Crippen LogP contribution in [0.1, 0.15) is 29.1 Å². The highest BCUT2D eigenvalue weighted by Gasteiger charge is 2.45. The topological polar surface area (TPSA) is 99.9 Å². The molecule has 168 valence electrons. The Morgan fingerprint density at radius 3 is 2.29 bits per heavy atom. The lowest BCUT2D eigenvalue weighted by Crippen LogP contribution is -2.31. The van der Waals surface area contributed by atoms with E-state index in [0.29, 0.717) is 22.5 Å². The van der Waals surface area contributed by atoms with Gasteiger partial charge >= 0.3 is 0 Å². The number of furan rings is 1. The first kappa shape index (κ1) is 21.2. The first-order valence-electron chi connectivity index (χ1n) is 10.7. The highest BCUT2D eigenvalue weighted by molar-refractivity contribution is 6.20. The van der Waals surface area contributed by atoms with Crippen LogP contribution in [0.2, 0.25) is 0 Å². The molecule has 0 bridgehead atoms. The monoisotopic (exact) mass is 452 g/mol. The van der Waals surface area contributed by atoms with Gasteiger partial charge in [0.1, 0.15) is 5.58 Å². The molecule has 5 rings (SSSR count). The number of carbonyl (C=O) groups excluding carboxylic acids is 3. The number of aliphatic hydroxyl groups is 1. The van der Waals surface area contributed by atoms with Gasteiger partial charge in [-0.15, -0.1) is 0 Å². The molecular weight excluding hydrogens is 432 g/mol. The summed E-state index contributed by atoms with van der Waals surface area (Å²) < 4.78 is 5.74. The highest BCUT2D eigenvalue weighted by Crippen LogP contribution is 2.42. The summed E-state index contributed by atoms with van der Waals surface area (Å²) in [7, 11) is 0. The Bertz CT molecular complexity index is 1420. The lowest BCUT2D eigenvalue weighted by Gasteiger charge is -2.27. The predicted molar refractivity (Wildman–Crippen MR) is 128 cm³/mol. The molecule has 2 amide bonds. The first-order valence-corrected chi connectivity index (χ1v) is 10.7. The lowest BCUT2D eigenvalue weighted by molar-refractivity contribution is -0.117. The smallest absolute Gasteiger partial charge is 0.294 e. The minimum atomic E-state index is -0.860. The van der Waals surface area contributed by atoms with Crippen molar-refractivity contribution in [2.45, 2.75) is 13.0 Å². The van der Waals surface area contributed by atoms with E-state index in [-0.39, 0.29) is 17.2 Å². The molecule has 1 aliphatic rings. The summed E-state index contributed by atoms with van der Waals surface area (Å²) in [6.45, 7) is 1.40. The molecule has 0 radical (unpaired) electrons.